The lowest BCUT2D eigenvalue weighted by molar-refractivity contribution is -0.139. The first kappa shape index (κ1) is 24.6. The maximum Gasteiger partial charge on any atom is 0.357 e. The van der Waals surface area contributed by atoms with E-state index in [0.717, 1.165) is 0 Å². The molecule has 0 fully saturated rings. The molecule has 0 unspecified atom stereocenters. The SMILES string of the molecule is CCOc1cc(-c2nn(-c3ccccc3)c(C(=O)OC)c2C(=O)OC)c(Cl)cc1OCC(=O)O. The fourth-order valence-electron chi connectivity index (χ4n) is 3.18. The van der Waals surface area contributed by atoms with Crippen LogP contribution >= 0.6 is 11.6 Å². The molecule has 0 spiro atoms. The highest BCUT2D eigenvalue weighted by atomic mass is 35.5. The Morgan fingerprint density at radius 2 is 1.65 bits per heavy atom. The van der Waals surface area contributed by atoms with Crippen LogP contribution in [0.1, 0.15) is 27.8 Å². The van der Waals surface area contributed by atoms with Gasteiger partial charge in [-0.05, 0) is 25.1 Å². The van der Waals surface area contributed by atoms with E-state index in [9.17, 15) is 14.4 Å². The van der Waals surface area contributed by atoms with Gasteiger partial charge in [0.1, 0.15) is 11.3 Å². The Labute approximate surface area is 199 Å². The van der Waals surface area contributed by atoms with E-state index in [2.05, 4.69) is 5.10 Å². The lowest BCUT2D eigenvalue weighted by atomic mass is 10.0. The molecule has 0 aliphatic carbocycles. The number of esters is 2. The van der Waals surface area contributed by atoms with E-state index < -0.39 is 24.5 Å². The topological polar surface area (TPSA) is 126 Å². The van der Waals surface area contributed by atoms with Gasteiger partial charge in [0.2, 0.25) is 0 Å². The molecule has 1 heterocycles. The third-order valence-electron chi connectivity index (χ3n) is 4.59. The Kier molecular flexibility index (Phi) is 7.75. The fourth-order valence-corrected chi connectivity index (χ4v) is 3.42. The molecule has 10 nitrogen and oxygen atoms in total. The largest absolute Gasteiger partial charge is 0.490 e. The van der Waals surface area contributed by atoms with Crippen molar-refractivity contribution in [2.24, 2.45) is 0 Å². The van der Waals surface area contributed by atoms with Crippen molar-refractivity contribution in [3.05, 3.63) is 58.7 Å². The minimum Gasteiger partial charge on any atom is -0.490 e. The molecule has 34 heavy (non-hydrogen) atoms. The number of carboxylic acids is 1. The molecule has 0 atom stereocenters. The van der Waals surface area contributed by atoms with Crippen molar-refractivity contribution in [3.8, 4) is 28.4 Å². The molecular formula is C23H21ClN2O8. The van der Waals surface area contributed by atoms with E-state index >= 15 is 0 Å². The normalized spacial score (nSPS) is 10.5. The summed E-state index contributed by atoms with van der Waals surface area (Å²) in [5.74, 6) is -2.57. The van der Waals surface area contributed by atoms with Crippen molar-refractivity contribution >= 4 is 29.5 Å². The zero-order valence-corrected chi connectivity index (χ0v) is 19.3. The van der Waals surface area contributed by atoms with Crippen LogP contribution in [0.4, 0.5) is 0 Å². The highest BCUT2D eigenvalue weighted by Crippen LogP contribution is 2.40. The summed E-state index contributed by atoms with van der Waals surface area (Å²) < 4.78 is 22.0. The molecule has 0 saturated carbocycles. The van der Waals surface area contributed by atoms with Gasteiger partial charge in [0, 0.05) is 11.6 Å². The lowest BCUT2D eigenvalue weighted by Gasteiger charge is -2.14. The molecule has 3 rings (SSSR count). The number of carbonyl (C=O) groups excluding carboxylic acids is 2. The number of nitrogens with zero attached hydrogens (tertiary/aromatic N) is 2. The van der Waals surface area contributed by atoms with Gasteiger partial charge in [0.25, 0.3) is 0 Å². The average Bonchev–Trinajstić information content (AvgIpc) is 3.24. The van der Waals surface area contributed by atoms with E-state index in [4.69, 9.17) is 35.7 Å². The minimum absolute atomic E-state index is 0.0341. The third kappa shape index (κ3) is 4.96. The lowest BCUT2D eigenvalue weighted by Crippen LogP contribution is -2.15. The number of hydrogen-bond donors (Lipinski definition) is 1. The molecule has 0 aliphatic heterocycles. The predicted octanol–water partition coefficient (Wildman–Crippen LogP) is 3.63. The first-order valence-electron chi connectivity index (χ1n) is 9.98. The third-order valence-corrected chi connectivity index (χ3v) is 4.91. The average molecular weight is 489 g/mol. The van der Waals surface area contributed by atoms with Gasteiger partial charge in [-0.3, -0.25) is 0 Å². The first-order valence-corrected chi connectivity index (χ1v) is 10.4. The Morgan fingerprint density at radius 3 is 2.24 bits per heavy atom. The number of ether oxygens (including phenoxy) is 4. The molecule has 0 aliphatic rings. The Hall–Kier alpha value is -4.05. The van der Waals surface area contributed by atoms with Crippen LogP contribution in [0.5, 0.6) is 11.5 Å². The summed E-state index contributed by atoms with van der Waals surface area (Å²) >= 11 is 6.49. The van der Waals surface area contributed by atoms with Crippen molar-refractivity contribution in [2.75, 3.05) is 27.4 Å². The summed E-state index contributed by atoms with van der Waals surface area (Å²) in [6.45, 7) is 1.35. The first-order chi connectivity index (χ1) is 16.3. The Morgan fingerprint density at radius 1 is 1.00 bits per heavy atom. The van der Waals surface area contributed by atoms with E-state index in [1.54, 1.807) is 37.3 Å². The summed E-state index contributed by atoms with van der Waals surface area (Å²) in [5, 5.41) is 13.5. The molecule has 11 heteroatoms. The number of hydrogen-bond acceptors (Lipinski definition) is 8. The number of methoxy groups -OCH3 is 2. The summed E-state index contributed by atoms with van der Waals surface area (Å²) in [6.07, 6.45) is 0. The van der Waals surface area contributed by atoms with Gasteiger partial charge >= 0.3 is 17.9 Å². The van der Waals surface area contributed by atoms with Crippen LogP contribution in [-0.4, -0.2) is 60.2 Å². The number of para-hydroxylation sites is 1. The van der Waals surface area contributed by atoms with Crippen molar-refractivity contribution in [1.82, 2.24) is 9.78 Å². The van der Waals surface area contributed by atoms with Crippen LogP contribution in [0.15, 0.2) is 42.5 Å². The molecule has 0 radical (unpaired) electrons. The zero-order valence-electron chi connectivity index (χ0n) is 18.5. The summed E-state index contributed by atoms with van der Waals surface area (Å²) in [6, 6.07) is 11.5. The second kappa shape index (κ2) is 10.7. The van der Waals surface area contributed by atoms with Crippen LogP contribution in [0.3, 0.4) is 0 Å². The van der Waals surface area contributed by atoms with E-state index in [1.165, 1.54) is 31.0 Å². The van der Waals surface area contributed by atoms with Gasteiger partial charge in [0.15, 0.2) is 23.8 Å². The molecule has 3 aromatic rings. The molecule has 0 saturated heterocycles. The molecule has 0 amide bonds. The van der Waals surface area contributed by atoms with Gasteiger partial charge in [0.05, 0.1) is 31.5 Å². The quantitative estimate of drug-likeness (QED) is 0.449. The molecule has 178 valence electrons. The summed E-state index contributed by atoms with van der Waals surface area (Å²) in [7, 11) is 2.35. The number of aromatic nitrogens is 2. The van der Waals surface area contributed by atoms with Crippen LogP contribution in [-0.2, 0) is 14.3 Å². The number of carbonyl (C=O) groups is 3. The summed E-state index contributed by atoms with van der Waals surface area (Å²) in [5.41, 5.74) is 0.430. The van der Waals surface area contributed by atoms with Gasteiger partial charge in [-0.15, -0.1) is 0 Å². The smallest absolute Gasteiger partial charge is 0.357 e. The van der Waals surface area contributed by atoms with E-state index in [0.29, 0.717) is 5.69 Å². The highest BCUT2D eigenvalue weighted by Gasteiger charge is 2.32. The standard InChI is InChI=1S/C23H21ClN2O8/c1-4-33-16-10-14(15(24)11-17(16)34-12-18(27)28)20-19(22(29)31-2)21(23(30)32-3)26(25-20)13-8-6-5-7-9-13/h5-11H,4,12H2,1-3H3,(H,27,28). The second-order valence-corrected chi connectivity index (χ2v) is 7.10. The predicted molar refractivity (Wildman–Crippen MR) is 121 cm³/mol. The fraction of sp³-hybridized carbons (Fsp3) is 0.217. The van der Waals surface area contributed by atoms with Gasteiger partial charge in [-0.25, -0.2) is 19.1 Å². The van der Waals surface area contributed by atoms with Crippen molar-refractivity contribution in [3.63, 3.8) is 0 Å². The Bertz CT molecular complexity index is 1220. The van der Waals surface area contributed by atoms with Crippen LogP contribution in [0, 0.1) is 0 Å². The number of halogens is 1. The number of benzene rings is 2. The second-order valence-electron chi connectivity index (χ2n) is 6.70. The number of rotatable bonds is 9. The van der Waals surface area contributed by atoms with Crippen LogP contribution in [0.2, 0.25) is 5.02 Å². The van der Waals surface area contributed by atoms with Gasteiger partial charge < -0.3 is 24.1 Å². The van der Waals surface area contributed by atoms with Crippen molar-refractivity contribution < 1.29 is 38.4 Å². The van der Waals surface area contributed by atoms with Gasteiger partial charge in [-0.1, -0.05) is 29.8 Å². The van der Waals surface area contributed by atoms with E-state index in [-0.39, 0.29) is 45.6 Å². The van der Waals surface area contributed by atoms with Crippen LogP contribution < -0.4 is 9.47 Å². The molecule has 2 aromatic carbocycles. The summed E-state index contributed by atoms with van der Waals surface area (Å²) in [4.78, 5) is 36.5. The highest BCUT2D eigenvalue weighted by molar-refractivity contribution is 6.33. The van der Waals surface area contributed by atoms with Crippen LogP contribution in [0.25, 0.3) is 16.9 Å². The Balaban J connectivity index is 2.31. The maximum absolute atomic E-state index is 12.8. The van der Waals surface area contributed by atoms with E-state index in [1.807, 2.05) is 0 Å². The van der Waals surface area contributed by atoms with Crippen molar-refractivity contribution in [1.29, 1.82) is 0 Å². The molecular weight excluding hydrogens is 468 g/mol. The molecule has 0 bridgehead atoms. The number of aliphatic carboxylic acids is 1. The van der Waals surface area contributed by atoms with Gasteiger partial charge in [-0.2, -0.15) is 5.10 Å². The number of carboxylic acid groups (broad SMARTS) is 1. The van der Waals surface area contributed by atoms with Crippen molar-refractivity contribution in [2.45, 2.75) is 6.92 Å². The minimum atomic E-state index is -1.18. The molecule has 1 N–H and O–H groups in total. The monoisotopic (exact) mass is 488 g/mol. The zero-order chi connectivity index (χ0) is 24.8. The maximum atomic E-state index is 12.8. The molecule has 1 aromatic heterocycles.